The first-order valence-corrected chi connectivity index (χ1v) is 6.85. The van der Waals surface area contributed by atoms with E-state index in [0.717, 1.165) is 5.56 Å². The van der Waals surface area contributed by atoms with Crippen LogP contribution in [-0.4, -0.2) is 11.8 Å². The quantitative estimate of drug-likeness (QED) is 0.821. The molecule has 0 heterocycles. The first-order valence-electron chi connectivity index (χ1n) is 5.52. The fraction of sp³-hybridized carbons (Fsp3) is 0.0714. The second-order valence-electron chi connectivity index (χ2n) is 3.83. The summed E-state index contributed by atoms with van der Waals surface area (Å²) >= 11 is 8.55. The van der Waals surface area contributed by atoms with Crippen molar-refractivity contribution in [3.05, 3.63) is 52.8 Å². The molecule has 0 saturated heterocycles. The van der Waals surface area contributed by atoms with Crippen molar-refractivity contribution >= 4 is 39.1 Å². The molecule has 2 aromatic carbocycles. The second kappa shape index (κ2) is 6.17. The summed E-state index contributed by atoms with van der Waals surface area (Å²) in [6, 6.07) is 12.6. The van der Waals surface area contributed by atoms with Gasteiger partial charge in [0.2, 0.25) is 5.91 Å². The van der Waals surface area contributed by atoms with Gasteiger partial charge >= 0.3 is 0 Å². The Morgan fingerprint density at radius 3 is 2.53 bits per heavy atom. The molecule has 0 aliphatic carbocycles. The average Bonchev–Trinajstić information content (AvgIpc) is 2.45. The van der Waals surface area contributed by atoms with E-state index < -0.39 is 11.7 Å². The molecular weight excluding hydrogens is 333 g/mol. The third-order valence-corrected chi connectivity index (χ3v) is 3.42. The van der Waals surface area contributed by atoms with Gasteiger partial charge in [0.15, 0.2) is 5.82 Å². The van der Waals surface area contributed by atoms with Gasteiger partial charge in [-0.25, -0.2) is 4.39 Å². The minimum Gasteiger partial charge on any atom is -0.322 e. The Labute approximate surface area is 123 Å². The Kier molecular flexibility index (Phi) is 4.56. The van der Waals surface area contributed by atoms with Gasteiger partial charge in [-0.2, -0.15) is 0 Å². The van der Waals surface area contributed by atoms with Crippen molar-refractivity contribution < 1.29 is 9.18 Å². The van der Waals surface area contributed by atoms with Crippen LogP contribution in [0.1, 0.15) is 0 Å². The van der Waals surface area contributed by atoms with Crippen LogP contribution in [0, 0.1) is 5.82 Å². The molecule has 1 N–H and O–H groups in total. The lowest BCUT2D eigenvalue weighted by molar-refractivity contribution is -0.113. The van der Waals surface area contributed by atoms with Gasteiger partial charge in [0, 0.05) is 5.56 Å². The Morgan fingerprint density at radius 2 is 1.89 bits per heavy atom. The van der Waals surface area contributed by atoms with E-state index in [1.165, 1.54) is 0 Å². The van der Waals surface area contributed by atoms with Crippen molar-refractivity contribution in [3.63, 3.8) is 0 Å². The highest BCUT2D eigenvalue weighted by atomic mass is 79.9. The van der Waals surface area contributed by atoms with Crippen molar-refractivity contribution in [3.8, 4) is 11.1 Å². The number of hydrogen-bond donors (Lipinski definition) is 1. The van der Waals surface area contributed by atoms with E-state index >= 15 is 0 Å². The third kappa shape index (κ3) is 3.14. The van der Waals surface area contributed by atoms with Crippen LogP contribution in [0.2, 0.25) is 0 Å². The molecule has 0 radical (unpaired) electrons. The molecule has 0 saturated carbocycles. The lowest BCUT2D eigenvalue weighted by Crippen LogP contribution is -2.14. The molecule has 98 valence electrons. The predicted octanol–water partition coefficient (Wildman–Crippen LogP) is 4.43. The van der Waals surface area contributed by atoms with Gasteiger partial charge in [0.25, 0.3) is 0 Å². The first-order chi connectivity index (χ1) is 9.13. The first kappa shape index (κ1) is 14.0. The summed E-state index contributed by atoms with van der Waals surface area (Å²) in [6.07, 6.45) is 0. The average molecular weight is 343 g/mol. The van der Waals surface area contributed by atoms with Crippen LogP contribution in [-0.2, 0) is 4.79 Å². The maximum Gasteiger partial charge on any atom is 0.239 e. The minimum absolute atomic E-state index is 0.131. The van der Waals surface area contributed by atoms with Crippen LogP contribution >= 0.6 is 27.5 Å². The van der Waals surface area contributed by atoms with Gasteiger partial charge in [-0.1, -0.05) is 36.4 Å². The van der Waals surface area contributed by atoms with E-state index in [2.05, 4.69) is 21.2 Å². The van der Waals surface area contributed by atoms with Gasteiger partial charge in [-0.3, -0.25) is 4.79 Å². The fourth-order valence-electron chi connectivity index (χ4n) is 1.70. The van der Waals surface area contributed by atoms with Gasteiger partial charge in [-0.05, 0) is 27.6 Å². The molecule has 1 amide bonds. The lowest BCUT2D eigenvalue weighted by Gasteiger charge is -2.12. The number of amides is 1. The summed E-state index contributed by atoms with van der Waals surface area (Å²) in [5, 5.41) is 2.49. The summed E-state index contributed by atoms with van der Waals surface area (Å²) in [7, 11) is 0. The normalized spacial score (nSPS) is 10.3. The molecule has 0 aliphatic rings. The zero-order valence-electron chi connectivity index (χ0n) is 9.79. The maximum atomic E-state index is 14.1. The molecule has 0 unspecified atom stereocenters. The molecule has 0 spiro atoms. The zero-order chi connectivity index (χ0) is 13.8. The highest BCUT2D eigenvalue weighted by Crippen LogP contribution is 2.34. The van der Waals surface area contributed by atoms with E-state index in [-0.39, 0.29) is 16.0 Å². The standard InChI is InChI=1S/C14H10BrClFNO/c15-11-7-6-10(9-4-2-1-3-5-9)14(13(11)17)18-12(19)8-16/h1-7H,8H2,(H,18,19). The van der Waals surface area contributed by atoms with Crippen LogP contribution < -0.4 is 5.32 Å². The molecule has 19 heavy (non-hydrogen) atoms. The molecule has 0 aromatic heterocycles. The van der Waals surface area contributed by atoms with Crippen molar-refractivity contribution in [1.82, 2.24) is 0 Å². The number of carbonyl (C=O) groups excluding carboxylic acids is 1. The predicted molar refractivity (Wildman–Crippen MR) is 78.9 cm³/mol. The molecule has 0 aliphatic heterocycles. The molecule has 2 rings (SSSR count). The number of halogens is 3. The van der Waals surface area contributed by atoms with E-state index in [1.807, 2.05) is 30.3 Å². The number of benzene rings is 2. The second-order valence-corrected chi connectivity index (χ2v) is 4.95. The number of hydrogen-bond acceptors (Lipinski definition) is 1. The topological polar surface area (TPSA) is 29.1 Å². The minimum atomic E-state index is -0.514. The van der Waals surface area contributed by atoms with Gasteiger partial charge in [0.05, 0.1) is 10.2 Å². The third-order valence-electron chi connectivity index (χ3n) is 2.57. The Balaban J connectivity index is 2.55. The summed E-state index contributed by atoms with van der Waals surface area (Å²) in [6.45, 7) is 0. The molecule has 0 fully saturated rings. The number of alkyl halides is 1. The Bertz CT molecular complexity index is 604. The summed E-state index contributed by atoms with van der Waals surface area (Å²) in [5.41, 5.74) is 1.56. The highest BCUT2D eigenvalue weighted by molar-refractivity contribution is 9.10. The number of anilines is 1. The molecule has 2 nitrogen and oxygen atoms in total. The fourth-order valence-corrected chi connectivity index (χ4v) is 2.10. The Morgan fingerprint density at radius 1 is 1.21 bits per heavy atom. The number of carbonyl (C=O) groups is 1. The molecular formula is C14H10BrClFNO. The molecule has 0 bridgehead atoms. The summed E-state index contributed by atoms with van der Waals surface area (Å²) < 4.78 is 14.4. The Hall–Kier alpha value is -1.39. The van der Waals surface area contributed by atoms with Crippen LogP contribution in [0.25, 0.3) is 11.1 Å². The summed E-state index contributed by atoms with van der Waals surface area (Å²) in [5.74, 6) is -1.18. The maximum absolute atomic E-state index is 14.1. The van der Waals surface area contributed by atoms with Crippen LogP contribution in [0.5, 0.6) is 0 Å². The van der Waals surface area contributed by atoms with E-state index in [0.29, 0.717) is 5.56 Å². The van der Waals surface area contributed by atoms with Crippen LogP contribution in [0.4, 0.5) is 10.1 Å². The smallest absolute Gasteiger partial charge is 0.239 e. The van der Waals surface area contributed by atoms with Gasteiger partial charge in [0.1, 0.15) is 5.88 Å². The van der Waals surface area contributed by atoms with Crippen LogP contribution in [0.15, 0.2) is 46.9 Å². The summed E-state index contributed by atoms with van der Waals surface area (Å²) in [4.78, 5) is 11.4. The largest absolute Gasteiger partial charge is 0.322 e. The zero-order valence-corrected chi connectivity index (χ0v) is 12.1. The highest BCUT2D eigenvalue weighted by Gasteiger charge is 2.15. The van der Waals surface area contributed by atoms with Crippen molar-refractivity contribution in [2.24, 2.45) is 0 Å². The van der Waals surface area contributed by atoms with Gasteiger partial charge in [-0.15, -0.1) is 11.6 Å². The molecule has 5 heteroatoms. The van der Waals surface area contributed by atoms with E-state index in [1.54, 1.807) is 12.1 Å². The molecule has 2 aromatic rings. The monoisotopic (exact) mass is 341 g/mol. The van der Waals surface area contributed by atoms with E-state index in [4.69, 9.17) is 11.6 Å². The van der Waals surface area contributed by atoms with E-state index in [9.17, 15) is 9.18 Å². The number of rotatable bonds is 3. The SMILES string of the molecule is O=C(CCl)Nc1c(-c2ccccc2)ccc(Br)c1F. The van der Waals surface area contributed by atoms with Crippen molar-refractivity contribution in [2.45, 2.75) is 0 Å². The van der Waals surface area contributed by atoms with Crippen molar-refractivity contribution in [2.75, 3.05) is 11.2 Å². The van der Waals surface area contributed by atoms with Crippen molar-refractivity contribution in [1.29, 1.82) is 0 Å². The van der Waals surface area contributed by atoms with Gasteiger partial charge < -0.3 is 5.32 Å². The number of nitrogens with one attached hydrogen (secondary N) is 1. The lowest BCUT2D eigenvalue weighted by atomic mass is 10.0. The molecule has 0 atom stereocenters. The van der Waals surface area contributed by atoms with Crippen LogP contribution in [0.3, 0.4) is 0 Å².